The van der Waals surface area contributed by atoms with Crippen molar-refractivity contribution in [2.45, 2.75) is 44.6 Å². The Morgan fingerprint density at radius 2 is 1.86 bits per heavy atom. The van der Waals surface area contributed by atoms with Gasteiger partial charge in [0.25, 0.3) is 0 Å². The molecule has 0 saturated carbocycles. The number of piperidine rings is 1. The van der Waals surface area contributed by atoms with E-state index in [0.29, 0.717) is 19.4 Å². The lowest BCUT2D eigenvalue weighted by Gasteiger charge is -2.40. The van der Waals surface area contributed by atoms with E-state index in [1.807, 2.05) is 30.3 Å². The summed E-state index contributed by atoms with van der Waals surface area (Å²) in [6.45, 7) is 6.07. The molecule has 1 fully saturated rings. The molecule has 5 heteroatoms. The van der Waals surface area contributed by atoms with Crippen LogP contribution in [0.25, 0.3) is 0 Å². The van der Waals surface area contributed by atoms with Crippen LogP contribution in [0.1, 0.15) is 39.2 Å². The number of rotatable bonds is 2. The second kappa shape index (κ2) is 5.99. The molecule has 1 atom stereocenters. The van der Waals surface area contributed by atoms with Gasteiger partial charge in [0.15, 0.2) is 0 Å². The van der Waals surface area contributed by atoms with Crippen LogP contribution in [0.3, 0.4) is 0 Å². The Hall–Kier alpha value is -2.04. The summed E-state index contributed by atoms with van der Waals surface area (Å²) in [5.74, 6) is -0.896. The topological polar surface area (TPSA) is 66.8 Å². The molecule has 1 N–H and O–H groups in total. The Morgan fingerprint density at radius 3 is 2.41 bits per heavy atom. The first-order chi connectivity index (χ1) is 10.2. The van der Waals surface area contributed by atoms with Crippen LogP contribution < -0.4 is 0 Å². The monoisotopic (exact) mass is 305 g/mol. The summed E-state index contributed by atoms with van der Waals surface area (Å²) in [5, 5.41) is 9.80. The van der Waals surface area contributed by atoms with E-state index in [4.69, 9.17) is 4.74 Å². The number of hydrogen-bond acceptors (Lipinski definition) is 3. The van der Waals surface area contributed by atoms with Crippen molar-refractivity contribution in [3.63, 3.8) is 0 Å². The third-order valence-corrected chi connectivity index (χ3v) is 3.88. The molecule has 1 aliphatic rings. The Labute approximate surface area is 130 Å². The van der Waals surface area contributed by atoms with E-state index in [0.717, 1.165) is 5.56 Å². The van der Waals surface area contributed by atoms with Crippen LogP contribution in [0.2, 0.25) is 0 Å². The fourth-order valence-electron chi connectivity index (χ4n) is 2.83. The minimum Gasteiger partial charge on any atom is -0.481 e. The normalized spacial score (nSPS) is 22.2. The Balaban J connectivity index is 2.26. The van der Waals surface area contributed by atoms with Gasteiger partial charge in [-0.2, -0.15) is 0 Å². The predicted molar refractivity (Wildman–Crippen MR) is 82.8 cm³/mol. The van der Waals surface area contributed by atoms with Gasteiger partial charge in [-0.25, -0.2) is 4.79 Å². The van der Waals surface area contributed by atoms with Crippen molar-refractivity contribution in [2.75, 3.05) is 13.1 Å². The Kier molecular flexibility index (Phi) is 4.44. The molecule has 0 aromatic heterocycles. The summed E-state index contributed by atoms with van der Waals surface area (Å²) in [5.41, 5.74) is -0.917. The number of likely N-dealkylation sites (tertiary alicyclic amines) is 1. The summed E-state index contributed by atoms with van der Waals surface area (Å²) in [6, 6.07) is 9.13. The molecule has 22 heavy (non-hydrogen) atoms. The second-order valence-electron chi connectivity index (χ2n) is 6.76. The molecule has 0 radical (unpaired) electrons. The number of carbonyl (C=O) groups excluding carboxylic acids is 1. The Morgan fingerprint density at radius 1 is 1.23 bits per heavy atom. The molecule has 1 aliphatic heterocycles. The first-order valence-electron chi connectivity index (χ1n) is 7.51. The lowest BCUT2D eigenvalue weighted by atomic mass is 9.74. The zero-order valence-electron chi connectivity index (χ0n) is 13.3. The van der Waals surface area contributed by atoms with Gasteiger partial charge in [-0.05, 0) is 39.2 Å². The fourth-order valence-corrected chi connectivity index (χ4v) is 2.83. The van der Waals surface area contributed by atoms with E-state index < -0.39 is 23.1 Å². The first-order valence-corrected chi connectivity index (χ1v) is 7.51. The van der Waals surface area contributed by atoms with Gasteiger partial charge in [-0.3, -0.25) is 4.79 Å². The third-order valence-electron chi connectivity index (χ3n) is 3.88. The minimum absolute atomic E-state index is 0.140. The van der Waals surface area contributed by atoms with Gasteiger partial charge >= 0.3 is 12.1 Å². The molecule has 2 rings (SSSR count). The van der Waals surface area contributed by atoms with Crippen LogP contribution in [0.4, 0.5) is 4.79 Å². The van der Waals surface area contributed by atoms with E-state index in [1.54, 1.807) is 20.8 Å². The molecule has 1 saturated heterocycles. The number of carboxylic acid groups (broad SMARTS) is 1. The van der Waals surface area contributed by atoms with Crippen molar-refractivity contribution >= 4 is 12.1 Å². The number of nitrogens with zero attached hydrogens (tertiary/aromatic N) is 1. The van der Waals surface area contributed by atoms with Gasteiger partial charge < -0.3 is 14.7 Å². The zero-order valence-corrected chi connectivity index (χ0v) is 13.3. The van der Waals surface area contributed by atoms with E-state index in [9.17, 15) is 14.7 Å². The van der Waals surface area contributed by atoms with Gasteiger partial charge in [-0.15, -0.1) is 0 Å². The molecule has 5 nitrogen and oxygen atoms in total. The largest absolute Gasteiger partial charge is 0.481 e. The van der Waals surface area contributed by atoms with Crippen LogP contribution >= 0.6 is 0 Å². The maximum atomic E-state index is 12.3. The lowest BCUT2D eigenvalue weighted by molar-refractivity contribution is -0.146. The smallest absolute Gasteiger partial charge is 0.410 e. The third kappa shape index (κ3) is 3.40. The summed E-state index contributed by atoms with van der Waals surface area (Å²) in [4.78, 5) is 25.7. The van der Waals surface area contributed by atoms with Gasteiger partial charge in [0.05, 0.1) is 0 Å². The summed E-state index contributed by atoms with van der Waals surface area (Å²) >= 11 is 0. The van der Waals surface area contributed by atoms with Crippen molar-refractivity contribution in [3.8, 4) is 0 Å². The number of amides is 1. The van der Waals surface area contributed by atoms with Gasteiger partial charge in [0.2, 0.25) is 0 Å². The van der Waals surface area contributed by atoms with Crippen LogP contribution in [-0.4, -0.2) is 40.8 Å². The number of aliphatic carboxylic acids is 1. The standard InChI is InChI=1S/C17H23NO4/c1-16(2,3)22-15(21)18-11-7-10-17(12-18,14(19)20)13-8-5-4-6-9-13/h4-6,8-9H,7,10-12H2,1-3H3,(H,19,20)/t17-/m1/s1. The summed E-state index contributed by atoms with van der Waals surface area (Å²) in [6.07, 6.45) is 0.709. The molecule has 1 heterocycles. The molecular weight excluding hydrogens is 282 g/mol. The molecule has 1 aromatic rings. The highest BCUT2D eigenvalue weighted by Gasteiger charge is 2.45. The van der Waals surface area contributed by atoms with E-state index in [-0.39, 0.29) is 6.54 Å². The molecule has 0 spiro atoms. The number of benzene rings is 1. The van der Waals surface area contributed by atoms with Crippen molar-refractivity contribution in [1.29, 1.82) is 0 Å². The second-order valence-corrected chi connectivity index (χ2v) is 6.76. The molecule has 1 amide bonds. The maximum absolute atomic E-state index is 12.3. The van der Waals surface area contributed by atoms with Crippen molar-refractivity contribution in [1.82, 2.24) is 4.90 Å². The maximum Gasteiger partial charge on any atom is 0.410 e. The average molecular weight is 305 g/mol. The summed E-state index contributed by atoms with van der Waals surface area (Å²) < 4.78 is 5.38. The molecule has 0 unspecified atom stereocenters. The van der Waals surface area contributed by atoms with E-state index >= 15 is 0 Å². The highest BCUT2D eigenvalue weighted by molar-refractivity contribution is 5.83. The molecule has 0 bridgehead atoms. The fraction of sp³-hybridized carbons (Fsp3) is 0.529. The van der Waals surface area contributed by atoms with Crippen LogP contribution in [-0.2, 0) is 14.9 Å². The highest BCUT2D eigenvalue weighted by atomic mass is 16.6. The molecule has 0 aliphatic carbocycles. The zero-order chi connectivity index (χ0) is 16.4. The van der Waals surface area contributed by atoms with E-state index in [1.165, 1.54) is 4.90 Å². The summed E-state index contributed by atoms with van der Waals surface area (Å²) in [7, 11) is 0. The molecule has 1 aromatic carbocycles. The van der Waals surface area contributed by atoms with Crippen molar-refractivity contribution in [2.24, 2.45) is 0 Å². The van der Waals surface area contributed by atoms with Gasteiger partial charge in [0, 0.05) is 13.1 Å². The lowest BCUT2D eigenvalue weighted by Crippen LogP contribution is -2.53. The Bertz CT molecular complexity index is 550. The first kappa shape index (κ1) is 16.3. The number of carbonyl (C=O) groups is 2. The van der Waals surface area contributed by atoms with Crippen LogP contribution in [0.5, 0.6) is 0 Å². The predicted octanol–water partition coefficient (Wildman–Crippen LogP) is 3.04. The average Bonchev–Trinajstić information content (AvgIpc) is 2.46. The van der Waals surface area contributed by atoms with Gasteiger partial charge in [-0.1, -0.05) is 30.3 Å². The van der Waals surface area contributed by atoms with Crippen molar-refractivity contribution < 1.29 is 19.4 Å². The molecular formula is C17H23NO4. The number of carboxylic acids is 1. The van der Waals surface area contributed by atoms with Gasteiger partial charge in [0.1, 0.15) is 11.0 Å². The molecule has 120 valence electrons. The van der Waals surface area contributed by atoms with Crippen LogP contribution in [0, 0.1) is 0 Å². The SMILES string of the molecule is CC(C)(C)OC(=O)N1CCC[C@](C(=O)O)(c2ccccc2)C1. The van der Waals surface area contributed by atoms with Crippen molar-refractivity contribution in [3.05, 3.63) is 35.9 Å². The minimum atomic E-state index is -1.06. The quantitative estimate of drug-likeness (QED) is 0.912. The van der Waals surface area contributed by atoms with Crippen LogP contribution in [0.15, 0.2) is 30.3 Å². The number of ether oxygens (including phenoxy) is 1. The highest BCUT2D eigenvalue weighted by Crippen LogP contribution is 2.35. The number of hydrogen-bond donors (Lipinski definition) is 1. The van der Waals surface area contributed by atoms with E-state index in [2.05, 4.69) is 0 Å².